The van der Waals surface area contributed by atoms with Crippen molar-refractivity contribution in [2.75, 3.05) is 11.9 Å². The lowest BCUT2D eigenvalue weighted by Crippen LogP contribution is -2.26. The summed E-state index contributed by atoms with van der Waals surface area (Å²) in [5.41, 5.74) is 3.77. The highest BCUT2D eigenvalue weighted by atomic mass is 16.2. The summed E-state index contributed by atoms with van der Waals surface area (Å²) >= 11 is 0. The number of nitrogens with zero attached hydrogens (tertiary/aromatic N) is 1. The lowest BCUT2D eigenvalue weighted by Gasteiger charge is -2.08. The first kappa shape index (κ1) is 19.3. The maximum Gasteiger partial charge on any atom is 0.257 e. The van der Waals surface area contributed by atoms with Crippen LogP contribution in [0.2, 0.25) is 0 Å². The van der Waals surface area contributed by atoms with Gasteiger partial charge in [-0.05, 0) is 42.2 Å². The van der Waals surface area contributed by atoms with Crippen LogP contribution >= 0.6 is 0 Å². The fraction of sp³-hybridized carbons (Fsp3) is 0.174. The van der Waals surface area contributed by atoms with Gasteiger partial charge in [0.15, 0.2) is 0 Å². The molecule has 0 aliphatic heterocycles. The smallest absolute Gasteiger partial charge is 0.257 e. The van der Waals surface area contributed by atoms with E-state index in [9.17, 15) is 9.59 Å². The van der Waals surface area contributed by atoms with Gasteiger partial charge >= 0.3 is 0 Å². The molecule has 1 heterocycles. The predicted molar refractivity (Wildman–Crippen MR) is 110 cm³/mol. The maximum atomic E-state index is 12.5. The molecular weight excluding hydrogens is 350 g/mol. The van der Waals surface area contributed by atoms with Crippen molar-refractivity contribution in [1.82, 2.24) is 10.3 Å². The second-order valence-electron chi connectivity index (χ2n) is 6.46. The van der Waals surface area contributed by atoms with Gasteiger partial charge in [0.2, 0.25) is 0 Å². The van der Waals surface area contributed by atoms with E-state index in [1.807, 2.05) is 54.6 Å². The summed E-state index contributed by atoms with van der Waals surface area (Å²) in [7, 11) is 0. The molecule has 2 amide bonds. The quantitative estimate of drug-likeness (QED) is 0.660. The Morgan fingerprint density at radius 3 is 2.21 bits per heavy atom. The van der Waals surface area contributed by atoms with E-state index in [-0.39, 0.29) is 11.8 Å². The molecule has 1 aromatic heterocycles. The second kappa shape index (κ2) is 9.46. The maximum absolute atomic E-state index is 12.5. The van der Waals surface area contributed by atoms with E-state index in [1.54, 1.807) is 6.07 Å². The molecular formula is C23H23N3O2. The number of aryl methyl sites for hydroxylation is 1. The molecule has 2 aromatic carbocycles. The molecule has 0 radical (unpaired) electrons. The third kappa shape index (κ3) is 5.27. The molecule has 0 saturated heterocycles. The van der Waals surface area contributed by atoms with E-state index in [4.69, 9.17) is 0 Å². The Hall–Kier alpha value is -3.47. The zero-order valence-corrected chi connectivity index (χ0v) is 15.8. The Morgan fingerprint density at radius 2 is 1.54 bits per heavy atom. The number of pyridine rings is 1. The average molecular weight is 373 g/mol. The van der Waals surface area contributed by atoms with Crippen LogP contribution in [0, 0.1) is 0 Å². The Kier molecular flexibility index (Phi) is 6.52. The van der Waals surface area contributed by atoms with E-state index in [0.29, 0.717) is 23.4 Å². The number of hydrogen-bond donors (Lipinski definition) is 2. The first-order chi connectivity index (χ1) is 13.7. The summed E-state index contributed by atoms with van der Waals surface area (Å²) in [5.74, 6) is -0.541. The summed E-state index contributed by atoms with van der Waals surface area (Å²) in [6, 6.07) is 19.2. The molecule has 5 nitrogen and oxygen atoms in total. The van der Waals surface area contributed by atoms with Gasteiger partial charge in [-0.3, -0.25) is 14.6 Å². The normalized spacial score (nSPS) is 10.3. The SMILES string of the molecule is CCc1ccc(NC(=O)c2cncc(C(=O)NCCc3ccccc3)c2)cc1. The van der Waals surface area contributed by atoms with Gasteiger partial charge in [-0.1, -0.05) is 49.4 Å². The number of carbonyl (C=O) groups excluding carboxylic acids is 2. The molecule has 0 bridgehead atoms. The first-order valence-corrected chi connectivity index (χ1v) is 9.33. The van der Waals surface area contributed by atoms with Crippen LogP contribution in [0.15, 0.2) is 73.1 Å². The Morgan fingerprint density at radius 1 is 0.857 bits per heavy atom. The number of nitrogens with one attached hydrogen (secondary N) is 2. The molecule has 3 rings (SSSR count). The lowest BCUT2D eigenvalue weighted by molar-refractivity contribution is 0.0953. The number of anilines is 1. The van der Waals surface area contributed by atoms with Crippen LogP contribution < -0.4 is 10.6 Å². The highest BCUT2D eigenvalue weighted by molar-refractivity contribution is 6.05. The van der Waals surface area contributed by atoms with E-state index >= 15 is 0 Å². The lowest BCUT2D eigenvalue weighted by atomic mass is 10.1. The summed E-state index contributed by atoms with van der Waals surface area (Å²) in [5, 5.41) is 5.69. The minimum absolute atomic E-state index is 0.245. The highest BCUT2D eigenvalue weighted by Crippen LogP contribution is 2.12. The van der Waals surface area contributed by atoms with Crippen LogP contribution in [0.1, 0.15) is 38.8 Å². The number of aromatic nitrogens is 1. The van der Waals surface area contributed by atoms with Gasteiger partial charge in [0.25, 0.3) is 11.8 Å². The molecule has 28 heavy (non-hydrogen) atoms. The van der Waals surface area contributed by atoms with E-state index in [2.05, 4.69) is 22.5 Å². The van der Waals surface area contributed by atoms with Crippen molar-refractivity contribution in [2.45, 2.75) is 19.8 Å². The largest absolute Gasteiger partial charge is 0.352 e. The Bertz CT molecular complexity index is 938. The summed E-state index contributed by atoms with van der Waals surface area (Å²) in [6.07, 6.45) is 4.61. The minimum Gasteiger partial charge on any atom is -0.352 e. The second-order valence-corrected chi connectivity index (χ2v) is 6.46. The van der Waals surface area contributed by atoms with Crippen molar-refractivity contribution in [2.24, 2.45) is 0 Å². The van der Waals surface area contributed by atoms with Crippen molar-refractivity contribution in [1.29, 1.82) is 0 Å². The molecule has 0 atom stereocenters. The predicted octanol–water partition coefficient (Wildman–Crippen LogP) is 3.87. The van der Waals surface area contributed by atoms with Crippen molar-refractivity contribution in [3.8, 4) is 0 Å². The fourth-order valence-corrected chi connectivity index (χ4v) is 2.78. The van der Waals surface area contributed by atoms with Gasteiger partial charge in [0.05, 0.1) is 11.1 Å². The van der Waals surface area contributed by atoms with E-state index < -0.39 is 0 Å². The number of amides is 2. The monoisotopic (exact) mass is 373 g/mol. The van der Waals surface area contributed by atoms with Gasteiger partial charge < -0.3 is 10.6 Å². The molecule has 0 aliphatic carbocycles. The third-order valence-electron chi connectivity index (χ3n) is 4.42. The average Bonchev–Trinajstić information content (AvgIpc) is 2.75. The molecule has 0 fully saturated rings. The number of carbonyl (C=O) groups is 2. The number of hydrogen-bond acceptors (Lipinski definition) is 3. The molecule has 2 N–H and O–H groups in total. The zero-order chi connectivity index (χ0) is 19.8. The highest BCUT2D eigenvalue weighted by Gasteiger charge is 2.11. The first-order valence-electron chi connectivity index (χ1n) is 9.33. The van der Waals surface area contributed by atoms with Gasteiger partial charge in [-0.25, -0.2) is 0 Å². The fourth-order valence-electron chi connectivity index (χ4n) is 2.78. The van der Waals surface area contributed by atoms with Gasteiger partial charge in [-0.15, -0.1) is 0 Å². The standard InChI is InChI=1S/C23H23N3O2/c1-2-17-8-10-21(11-9-17)26-23(28)20-14-19(15-24-16-20)22(27)25-13-12-18-6-4-3-5-7-18/h3-11,14-16H,2,12-13H2,1H3,(H,25,27)(H,26,28). The van der Waals surface area contributed by atoms with Crippen molar-refractivity contribution >= 4 is 17.5 Å². The molecule has 0 aliphatic rings. The van der Waals surface area contributed by atoms with Gasteiger partial charge in [0.1, 0.15) is 0 Å². The van der Waals surface area contributed by atoms with Crippen LogP contribution in [-0.2, 0) is 12.8 Å². The summed E-state index contributed by atoms with van der Waals surface area (Å²) < 4.78 is 0. The molecule has 5 heteroatoms. The van der Waals surface area contributed by atoms with Crippen LogP contribution in [0.25, 0.3) is 0 Å². The van der Waals surface area contributed by atoms with E-state index in [0.717, 1.165) is 18.4 Å². The molecule has 3 aromatic rings. The van der Waals surface area contributed by atoms with Crippen LogP contribution in [0.4, 0.5) is 5.69 Å². The van der Waals surface area contributed by atoms with Crippen molar-refractivity contribution < 1.29 is 9.59 Å². The van der Waals surface area contributed by atoms with Crippen LogP contribution in [0.5, 0.6) is 0 Å². The van der Waals surface area contributed by atoms with Gasteiger partial charge in [0, 0.05) is 24.6 Å². The van der Waals surface area contributed by atoms with Crippen LogP contribution in [0.3, 0.4) is 0 Å². The summed E-state index contributed by atoms with van der Waals surface area (Å²) in [4.78, 5) is 28.9. The summed E-state index contributed by atoms with van der Waals surface area (Å²) in [6.45, 7) is 2.60. The minimum atomic E-state index is -0.296. The molecule has 0 spiro atoms. The Balaban J connectivity index is 1.58. The molecule has 142 valence electrons. The topological polar surface area (TPSA) is 71.1 Å². The third-order valence-corrected chi connectivity index (χ3v) is 4.42. The molecule has 0 unspecified atom stereocenters. The van der Waals surface area contributed by atoms with Crippen LogP contribution in [-0.4, -0.2) is 23.3 Å². The van der Waals surface area contributed by atoms with Gasteiger partial charge in [-0.2, -0.15) is 0 Å². The van der Waals surface area contributed by atoms with Crippen molar-refractivity contribution in [3.05, 3.63) is 95.3 Å². The van der Waals surface area contributed by atoms with E-state index in [1.165, 1.54) is 18.0 Å². The zero-order valence-electron chi connectivity index (χ0n) is 15.8. The van der Waals surface area contributed by atoms with Crippen molar-refractivity contribution in [3.63, 3.8) is 0 Å². The number of benzene rings is 2. The Labute approximate surface area is 164 Å². The molecule has 0 saturated carbocycles. The number of rotatable bonds is 7.